The number of nitrogens with zero attached hydrogens (tertiary/aromatic N) is 3. The molecule has 1 amide bonds. The molecule has 30 heavy (non-hydrogen) atoms. The zero-order valence-electron chi connectivity index (χ0n) is 18.0. The van der Waals surface area contributed by atoms with Crippen molar-refractivity contribution < 1.29 is 18.7 Å². The van der Waals surface area contributed by atoms with Crippen molar-refractivity contribution in [3.8, 4) is 5.88 Å². The fraction of sp³-hybridized carbons (Fsp3) is 0.571. The highest BCUT2D eigenvalue weighted by molar-refractivity contribution is 5.78. The number of hydrogen-bond donors (Lipinski definition) is 2. The third kappa shape index (κ3) is 5.99. The second-order valence-electron chi connectivity index (χ2n) is 8.39. The molecule has 0 radical (unpaired) electrons. The van der Waals surface area contributed by atoms with Gasteiger partial charge in [-0.2, -0.15) is 0 Å². The second kappa shape index (κ2) is 9.53. The molecule has 2 N–H and O–H groups in total. The van der Waals surface area contributed by atoms with Gasteiger partial charge in [0.25, 0.3) is 0 Å². The summed E-state index contributed by atoms with van der Waals surface area (Å²) in [5.74, 6) is 0.0770. The maximum absolute atomic E-state index is 14.5. The van der Waals surface area contributed by atoms with Crippen LogP contribution in [0.5, 0.6) is 5.88 Å². The number of ether oxygens (including phenoxy) is 2. The van der Waals surface area contributed by atoms with Crippen molar-refractivity contribution in [2.45, 2.75) is 38.8 Å². The van der Waals surface area contributed by atoms with Crippen molar-refractivity contribution in [2.75, 3.05) is 39.8 Å². The van der Waals surface area contributed by atoms with Crippen LogP contribution in [-0.4, -0.2) is 72.4 Å². The number of carbonyl (C=O) groups is 1. The Morgan fingerprint density at radius 3 is 2.93 bits per heavy atom. The number of halogens is 1. The average molecular weight is 420 g/mol. The summed E-state index contributed by atoms with van der Waals surface area (Å²) < 4.78 is 25.0. The zero-order valence-corrected chi connectivity index (χ0v) is 18.0. The van der Waals surface area contributed by atoms with E-state index >= 15 is 0 Å². The Morgan fingerprint density at radius 1 is 1.40 bits per heavy atom. The third-order valence-electron chi connectivity index (χ3n) is 4.86. The van der Waals surface area contributed by atoms with Gasteiger partial charge in [-0.15, -0.1) is 0 Å². The van der Waals surface area contributed by atoms with E-state index in [-0.39, 0.29) is 11.9 Å². The number of carbonyl (C=O) groups excluding carboxylic acids is 1. The quantitative estimate of drug-likeness (QED) is 0.741. The second-order valence-corrected chi connectivity index (χ2v) is 8.39. The number of alkyl carbamates (subject to hydrolysis) is 1. The lowest BCUT2D eigenvalue weighted by Crippen LogP contribution is -2.55. The van der Waals surface area contributed by atoms with Crippen LogP contribution in [-0.2, 0) is 11.2 Å². The first-order chi connectivity index (χ1) is 14.2. The highest BCUT2D eigenvalue weighted by Crippen LogP contribution is 2.21. The molecule has 8 nitrogen and oxygen atoms in total. The van der Waals surface area contributed by atoms with Crippen molar-refractivity contribution in [1.29, 1.82) is 0 Å². The van der Waals surface area contributed by atoms with Gasteiger partial charge >= 0.3 is 6.09 Å². The average Bonchev–Trinajstić information content (AvgIpc) is 2.70. The molecule has 1 saturated heterocycles. The largest absolute Gasteiger partial charge is 0.481 e. The van der Waals surface area contributed by atoms with Gasteiger partial charge in [-0.25, -0.2) is 14.2 Å². The molecule has 0 aromatic carbocycles. The van der Waals surface area contributed by atoms with Gasteiger partial charge in [-0.1, -0.05) is 0 Å². The van der Waals surface area contributed by atoms with Crippen molar-refractivity contribution >= 4 is 17.1 Å². The van der Waals surface area contributed by atoms with Gasteiger partial charge in [-0.05, 0) is 33.3 Å². The van der Waals surface area contributed by atoms with Gasteiger partial charge in [0.15, 0.2) is 0 Å². The number of fused-ring (bicyclic) bond motifs is 1. The van der Waals surface area contributed by atoms with Crippen LogP contribution in [0.2, 0.25) is 0 Å². The molecule has 1 aliphatic heterocycles. The van der Waals surface area contributed by atoms with E-state index in [1.165, 1.54) is 13.3 Å². The molecule has 0 aliphatic carbocycles. The first-order valence-electron chi connectivity index (χ1n) is 10.2. The van der Waals surface area contributed by atoms with Gasteiger partial charge < -0.3 is 25.0 Å². The smallest absolute Gasteiger partial charge is 0.407 e. The number of rotatable bonds is 6. The number of pyridine rings is 2. The van der Waals surface area contributed by atoms with E-state index in [2.05, 4.69) is 25.5 Å². The molecule has 164 valence electrons. The Kier molecular flexibility index (Phi) is 7.04. The van der Waals surface area contributed by atoms with Crippen molar-refractivity contribution in [2.24, 2.45) is 0 Å². The van der Waals surface area contributed by atoms with Gasteiger partial charge in [0, 0.05) is 50.4 Å². The normalized spacial score (nSPS) is 17.7. The fourth-order valence-electron chi connectivity index (χ4n) is 3.45. The highest BCUT2D eigenvalue weighted by Gasteiger charge is 2.22. The maximum atomic E-state index is 14.5. The summed E-state index contributed by atoms with van der Waals surface area (Å²) in [4.78, 5) is 22.6. The first kappa shape index (κ1) is 22.2. The van der Waals surface area contributed by atoms with Crippen LogP contribution in [0.25, 0.3) is 11.0 Å². The topological polar surface area (TPSA) is 88.6 Å². The van der Waals surface area contributed by atoms with Crippen LogP contribution in [0.15, 0.2) is 18.3 Å². The fourth-order valence-corrected chi connectivity index (χ4v) is 3.45. The summed E-state index contributed by atoms with van der Waals surface area (Å²) in [6, 6.07) is 3.60. The monoisotopic (exact) mass is 419 g/mol. The van der Waals surface area contributed by atoms with Gasteiger partial charge in [0.1, 0.15) is 11.4 Å². The lowest BCUT2D eigenvalue weighted by Gasteiger charge is -2.34. The summed E-state index contributed by atoms with van der Waals surface area (Å²) >= 11 is 0. The number of aromatic nitrogens is 2. The van der Waals surface area contributed by atoms with Crippen LogP contribution in [0.3, 0.4) is 0 Å². The Labute approximate surface area is 176 Å². The van der Waals surface area contributed by atoms with Crippen LogP contribution in [0.1, 0.15) is 26.3 Å². The lowest BCUT2D eigenvalue weighted by molar-refractivity contribution is 0.0515. The molecule has 3 rings (SSSR count). The van der Waals surface area contributed by atoms with E-state index in [0.717, 1.165) is 19.6 Å². The summed E-state index contributed by atoms with van der Waals surface area (Å²) in [7, 11) is 1.53. The maximum Gasteiger partial charge on any atom is 0.407 e. The van der Waals surface area contributed by atoms with Crippen molar-refractivity contribution in [3.63, 3.8) is 0 Å². The molecule has 2 aromatic rings. The SMILES string of the molecule is COc1ccc2ncc(F)c(CCN3CCNC(CNC(=O)OC(C)(C)C)C3)c2n1. The third-order valence-corrected chi connectivity index (χ3v) is 4.86. The predicted molar refractivity (Wildman–Crippen MR) is 112 cm³/mol. The zero-order chi connectivity index (χ0) is 21.7. The van der Waals surface area contributed by atoms with Gasteiger partial charge in [-0.3, -0.25) is 4.98 Å². The van der Waals surface area contributed by atoms with Crippen molar-refractivity contribution in [1.82, 2.24) is 25.5 Å². The highest BCUT2D eigenvalue weighted by atomic mass is 19.1. The molecule has 0 spiro atoms. The Bertz CT molecular complexity index is 887. The van der Waals surface area contributed by atoms with E-state index in [4.69, 9.17) is 9.47 Å². The number of amides is 1. The number of hydrogen-bond acceptors (Lipinski definition) is 7. The summed E-state index contributed by atoms with van der Waals surface area (Å²) in [5, 5.41) is 6.20. The van der Waals surface area contributed by atoms with Crippen LogP contribution >= 0.6 is 0 Å². The van der Waals surface area contributed by atoms with E-state index in [1.807, 2.05) is 20.8 Å². The molecule has 9 heteroatoms. The minimum Gasteiger partial charge on any atom is -0.481 e. The molecule has 1 aliphatic rings. The molecular formula is C21H30FN5O3. The Balaban J connectivity index is 1.58. The predicted octanol–water partition coefficient (Wildman–Crippen LogP) is 2.12. The Hall–Kier alpha value is -2.52. The number of methoxy groups -OCH3 is 1. The Morgan fingerprint density at radius 2 is 2.20 bits per heavy atom. The molecule has 1 atom stereocenters. The summed E-state index contributed by atoms with van der Waals surface area (Å²) in [5.41, 5.74) is 1.20. The molecule has 3 heterocycles. The van der Waals surface area contributed by atoms with Gasteiger partial charge in [0.2, 0.25) is 5.88 Å². The van der Waals surface area contributed by atoms with Crippen molar-refractivity contribution in [3.05, 3.63) is 29.7 Å². The van der Waals surface area contributed by atoms with E-state index in [9.17, 15) is 9.18 Å². The number of nitrogens with one attached hydrogen (secondary N) is 2. The molecular weight excluding hydrogens is 389 g/mol. The standard InChI is InChI=1S/C21H30FN5O3/c1-21(2,3)30-20(28)25-11-14-13-27(10-8-23-14)9-7-15-16(22)12-24-17-5-6-18(29-4)26-19(15)17/h5-6,12,14,23H,7-11,13H2,1-4H3,(H,25,28). The molecule has 2 aromatic heterocycles. The van der Waals surface area contributed by atoms with E-state index in [1.54, 1.807) is 12.1 Å². The summed E-state index contributed by atoms with van der Waals surface area (Å²) in [6.45, 7) is 9.04. The minimum atomic E-state index is -0.524. The van der Waals surface area contributed by atoms with Gasteiger partial charge in [0.05, 0.1) is 24.3 Å². The van der Waals surface area contributed by atoms with Crippen LogP contribution in [0, 0.1) is 5.82 Å². The number of piperazine rings is 1. The van der Waals surface area contributed by atoms with E-state index in [0.29, 0.717) is 42.0 Å². The summed E-state index contributed by atoms with van der Waals surface area (Å²) in [6.07, 6.45) is 1.33. The molecule has 0 saturated carbocycles. The van der Waals surface area contributed by atoms with Crippen LogP contribution in [0.4, 0.5) is 9.18 Å². The van der Waals surface area contributed by atoms with E-state index < -0.39 is 11.7 Å². The van der Waals surface area contributed by atoms with Crippen LogP contribution < -0.4 is 15.4 Å². The lowest BCUT2D eigenvalue weighted by atomic mass is 10.1. The minimum absolute atomic E-state index is 0.100. The molecule has 1 unspecified atom stereocenters. The first-order valence-corrected chi connectivity index (χ1v) is 10.2. The molecule has 0 bridgehead atoms. The molecule has 1 fully saturated rings.